The van der Waals surface area contributed by atoms with Gasteiger partial charge in [0.05, 0.1) is 90.5 Å². The molecule has 30 heteroatoms. The molecule has 2 radical (unpaired) electrons. The number of aldehydes is 1. The van der Waals surface area contributed by atoms with E-state index in [0.717, 1.165) is 184 Å². The average Bonchev–Trinajstić information content (AvgIpc) is 1.67. The molecule has 16 rings (SSSR count). The van der Waals surface area contributed by atoms with Gasteiger partial charge in [0.1, 0.15) is 32.4 Å². The Hall–Kier alpha value is -5.09. The van der Waals surface area contributed by atoms with E-state index in [-0.39, 0.29) is 69.7 Å². The molecule has 4 atom stereocenters. The summed E-state index contributed by atoms with van der Waals surface area (Å²) in [6, 6.07) is 49.7. The monoisotopic (exact) mass is 2100 g/mol. The fourth-order valence-corrected chi connectivity index (χ4v) is 21.7. The SMILES string of the molecule is C.C.CC(C)(C)[Si](C)(C)OCCc1ccccc1C=O.CCCc1ccccc1C(=O)c1cc(C2OCCO2)sc1C.CCCc1ccccc1C(O)c1cc(C2OCCO2)sc1C.Cc1sc(C2OCCO2)cc1Br.Cc1sc(C2OCCO2)cc1[C@H](O)c1ccccc1CCI.Cc1sc(C2OCCO2)cc1[C@H](O)c1ccccc1CCO.[B]C1CCCO1.[O]=[Mn]=[O]. The summed E-state index contributed by atoms with van der Waals surface area (Å²) in [7, 11) is 3.64. The Balaban J connectivity index is 0.000000208. The second-order valence-electron chi connectivity index (χ2n) is 32.0. The van der Waals surface area contributed by atoms with Gasteiger partial charge in [-0.15, -0.1) is 56.7 Å². The molecule has 0 amide bonds. The van der Waals surface area contributed by atoms with Gasteiger partial charge in [0, 0.05) is 75.8 Å². The molecule has 6 aliphatic heterocycles. The number of aryl methyl sites for hydroxylation is 8. The fraction of sp³-hybridized carbons (Fsp3) is 0.475. The number of carbonyl (C=O) groups is 2. The van der Waals surface area contributed by atoms with Crippen molar-refractivity contribution in [1.29, 1.82) is 0 Å². The second-order valence-corrected chi connectivity index (χ2v) is 45.4. The molecule has 6 aliphatic rings. The number of halogens is 2. The Labute approximate surface area is 814 Å². The first-order valence-electron chi connectivity index (χ1n) is 43.0. The quantitative estimate of drug-likeness (QED) is 0.0129. The van der Waals surface area contributed by atoms with E-state index in [1.54, 1.807) is 56.7 Å². The number of ketones is 1. The van der Waals surface area contributed by atoms with Crippen LogP contribution >= 0.6 is 95.2 Å². The third-order valence-corrected chi connectivity index (χ3v) is 33.6. The van der Waals surface area contributed by atoms with Gasteiger partial charge in [0.2, 0.25) is 0 Å². The van der Waals surface area contributed by atoms with Crippen molar-refractivity contribution in [3.05, 3.63) is 283 Å². The fourth-order valence-electron chi connectivity index (χ4n) is 14.3. The molecule has 0 spiro atoms. The molecule has 129 heavy (non-hydrogen) atoms. The van der Waals surface area contributed by atoms with Gasteiger partial charge >= 0.3 is 22.5 Å². The Kier molecular flexibility index (Phi) is 49.1. The van der Waals surface area contributed by atoms with E-state index in [1.165, 1.54) is 16.0 Å². The molecule has 20 nitrogen and oxygen atoms in total. The molecule has 4 N–H and O–H groups in total. The van der Waals surface area contributed by atoms with E-state index in [4.69, 9.17) is 72.0 Å². The number of hydrogen-bond donors (Lipinski definition) is 4. The van der Waals surface area contributed by atoms with E-state index >= 15 is 0 Å². The van der Waals surface area contributed by atoms with Gasteiger partial charge in [0.15, 0.2) is 45.6 Å². The summed E-state index contributed by atoms with van der Waals surface area (Å²) in [5, 5.41) is 41.9. The molecule has 5 aromatic carbocycles. The number of aliphatic hydroxyl groups is 4. The predicted octanol–water partition coefficient (Wildman–Crippen LogP) is 23.6. The molecular formula is C99H129BBrIMnO20S5Si. The van der Waals surface area contributed by atoms with Crippen LogP contribution in [-0.4, -0.2) is 145 Å². The normalized spacial score (nSPS) is 16.5. The number of benzene rings is 5. The van der Waals surface area contributed by atoms with Crippen LogP contribution in [0.2, 0.25) is 18.1 Å². The number of thiophene rings is 5. The molecule has 11 heterocycles. The van der Waals surface area contributed by atoms with Crippen LogP contribution in [0.5, 0.6) is 0 Å². The summed E-state index contributed by atoms with van der Waals surface area (Å²) in [6.07, 6.45) is 6.27. The number of alkyl halides is 1. The van der Waals surface area contributed by atoms with E-state index in [1.807, 2.05) is 161 Å². The molecule has 703 valence electrons. The first-order chi connectivity index (χ1) is 61.2. The molecule has 0 bridgehead atoms. The molecule has 0 saturated carbocycles. The van der Waals surface area contributed by atoms with Gasteiger partial charge < -0.3 is 77.0 Å². The standard InChI is InChI=1S/C18H22O3S.C18H20O3S.C17H19IO3S.C17H20O4S.C15H24O2Si.C8H9BrO2S.C4H7BO.2CH4.Mn.2O/c2*1-3-6-13-7-4-5-8-14(13)17(19)15-11-16(22-12(15)2)18-20-9-10-21-18;2*1-11-14(10-15(22-11)17-20-8-9-21-17)16(19)13-5-3-2-4-12(13)6-7-18;1-15(2,3)18(4,5)17-11-10-13-8-6-7-9-14(13)12-16;1-5-6(9)4-7(12-5)8-10-2-3-11-8;5-4-2-1-3-6-4;;;;;/h4-5,7-8,11,17-19H,3,6,9-10H2,1-2H3;4-5,7-8,11,18H,3,6,9-10H2,1-2H3;2-5,10,16-17,19H,6-9H2,1H3;2-5,10,16-19H,6-9H2,1H3;6-9,12H,10-11H2,1-5H3;4,8H,2-3H2,1H3;4H,1-3H2;2*1H4;;;/t;;2*16-;;;;;;;;/m..11......../s1. The van der Waals surface area contributed by atoms with Crippen molar-refractivity contribution >= 4 is 123 Å². The van der Waals surface area contributed by atoms with E-state index in [2.05, 4.69) is 111 Å². The summed E-state index contributed by atoms with van der Waals surface area (Å²) >= 11 is 12.6. The van der Waals surface area contributed by atoms with Crippen LogP contribution in [0.15, 0.2) is 156 Å². The zero-order valence-corrected chi connectivity index (χ0v) is 84.6. The van der Waals surface area contributed by atoms with Gasteiger partial charge in [-0.2, -0.15) is 0 Å². The predicted molar refractivity (Wildman–Crippen MR) is 527 cm³/mol. The number of rotatable bonds is 26. The zero-order chi connectivity index (χ0) is 91.6. The van der Waals surface area contributed by atoms with Gasteiger partial charge in [-0.25, -0.2) is 0 Å². The third-order valence-electron chi connectivity index (χ3n) is 22.0. The minimum atomic E-state index is -1.67. The number of aliphatic hydroxyl groups excluding tert-OH is 4. The Bertz CT molecular complexity index is 4740. The summed E-state index contributed by atoms with van der Waals surface area (Å²) < 4.78 is 85.2. The summed E-state index contributed by atoms with van der Waals surface area (Å²) in [6.45, 7) is 33.7. The zero-order valence-electron chi connectivity index (χ0n) is 74.5. The van der Waals surface area contributed by atoms with Crippen molar-refractivity contribution in [1.82, 2.24) is 0 Å². The minimum absolute atomic E-state index is 0. The molecule has 2 unspecified atom stereocenters. The third kappa shape index (κ3) is 32.8. The van der Waals surface area contributed by atoms with Crippen molar-refractivity contribution in [2.45, 2.75) is 216 Å². The first kappa shape index (κ1) is 111. The van der Waals surface area contributed by atoms with Crippen LogP contribution in [0.25, 0.3) is 0 Å². The Morgan fingerprint density at radius 2 is 0.822 bits per heavy atom. The van der Waals surface area contributed by atoms with Gasteiger partial charge in [-0.05, 0) is 205 Å². The van der Waals surface area contributed by atoms with Crippen LogP contribution in [0.1, 0.15) is 261 Å². The summed E-state index contributed by atoms with van der Waals surface area (Å²) in [4.78, 5) is 34.6. The van der Waals surface area contributed by atoms with Gasteiger partial charge in [0.25, 0.3) is 0 Å². The average molecular weight is 2100 g/mol. The molecule has 0 aliphatic carbocycles. The van der Waals surface area contributed by atoms with Crippen molar-refractivity contribution in [3.63, 3.8) is 0 Å². The molecule has 6 fully saturated rings. The second kappa shape index (κ2) is 57.1. The van der Waals surface area contributed by atoms with Crippen LogP contribution in [0.3, 0.4) is 0 Å². The van der Waals surface area contributed by atoms with E-state index in [9.17, 15) is 30.0 Å². The first-order valence-corrected chi connectivity index (χ1v) is 53.3. The maximum absolute atomic E-state index is 12.9. The van der Waals surface area contributed by atoms with Crippen LogP contribution < -0.4 is 0 Å². The van der Waals surface area contributed by atoms with E-state index in [0.29, 0.717) is 79.1 Å². The van der Waals surface area contributed by atoms with Crippen molar-refractivity contribution in [2.75, 3.05) is 90.3 Å². The Morgan fingerprint density at radius 3 is 1.17 bits per heavy atom. The topological polar surface area (TPSA) is 260 Å². The van der Waals surface area contributed by atoms with Crippen LogP contribution in [0.4, 0.5) is 0 Å². The van der Waals surface area contributed by atoms with Gasteiger partial charge in [-0.1, -0.05) is 206 Å². The van der Waals surface area contributed by atoms with Crippen molar-refractivity contribution in [2.24, 2.45) is 0 Å². The number of hydrogen-bond acceptors (Lipinski definition) is 25. The summed E-state index contributed by atoms with van der Waals surface area (Å²) in [5.74, 6) is 0.0991. The van der Waals surface area contributed by atoms with Gasteiger partial charge in [-0.3, -0.25) is 9.59 Å². The summed E-state index contributed by atoms with van der Waals surface area (Å²) in [5.41, 5.74) is 13.6. The molecular weight excluding hydrogens is 1970 g/mol. The van der Waals surface area contributed by atoms with Crippen molar-refractivity contribution < 1.29 is 109 Å². The molecule has 5 aromatic heterocycles. The maximum atomic E-state index is 12.9. The van der Waals surface area contributed by atoms with Crippen LogP contribution in [-0.2, 0) is 111 Å². The molecule has 10 aromatic rings. The number of carbonyl (C=O) groups excluding carboxylic acids is 2. The van der Waals surface area contributed by atoms with Crippen molar-refractivity contribution in [3.8, 4) is 0 Å². The van der Waals surface area contributed by atoms with E-state index < -0.39 is 41.5 Å². The molecule has 6 saturated heterocycles. The number of ether oxygens (including phenoxy) is 11. The van der Waals surface area contributed by atoms with Crippen LogP contribution in [0, 0.1) is 34.6 Å². The Morgan fingerprint density at radius 1 is 0.481 bits per heavy atom.